The number of aromatic hydroxyl groups is 1. The van der Waals surface area contributed by atoms with Gasteiger partial charge in [-0.3, -0.25) is 0 Å². The van der Waals surface area contributed by atoms with Gasteiger partial charge in [0.25, 0.3) is 0 Å². The monoisotopic (exact) mass is 191 g/mol. The standard InChI is InChI=1S/C10H9NO3/c1-7(12)14-11-6-5-8-3-2-4-9(13)10(8)11/h2-6,13H,1H3. The van der Waals surface area contributed by atoms with Crippen molar-refractivity contribution in [3.05, 3.63) is 30.5 Å². The van der Waals surface area contributed by atoms with Crippen molar-refractivity contribution < 1.29 is 14.7 Å². The summed E-state index contributed by atoms with van der Waals surface area (Å²) in [6.45, 7) is 1.31. The second-order valence-corrected chi connectivity index (χ2v) is 2.94. The molecule has 1 aromatic carbocycles. The summed E-state index contributed by atoms with van der Waals surface area (Å²) in [5.41, 5.74) is 0.503. The Bertz CT molecular complexity index is 487. The highest BCUT2D eigenvalue weighted by atomic mass is 16.7. The van der Waals surface area contributed by atoms with E-state index in [2.05, 4.69) is 0 Å². The van der Waals surface area contributed by atoms with Crippen molar-refractivity contribution in [2.45, 2.75) is 6.92 Å². The first-order valence-electron chi connectivity index (χ1n) is 4.16. The van der Waals surface area contributed by atoms with Gasteiger partial charge in [-0.15, -0.1) is 0 Å². The Morgan fingerprint density at radius 1 is 1.43 bits per heavy atom. The van der Waals surface area contributed by atoms with Crippen LogP contribution in [0.3, 0.4) is 0 Å². The minimum absolute atomic E-state index is 0.0914. The number of hydrogen-bond acceptors (Lipinski definition) is 3. The molecule has 0 aliphatic carbocycles. The third kappa shape index (κ3) is 1.31. The van der Waals surface area contributed by atoms with Crippen molar-refractivity contribution in [1.82, 2.24) is 4.73 Å². The molecule has 2 rings (SSSR count). The van der Waals surface area contributed by atoms with Crippen molar-refractivity contribution >= 4 is 16.9 Å². The number of phenols is 1. The average molecular weight is 191 g/mol. The molecule has 2 aromatic rings. The molecule has 0 unspecified atom stereocenters. The molecule has 1 N–H and O–H groups in total. The van der Waals surface area contributed by atoms with Crippen LogP contribution in [0.15, 0.2) is 30.5 Å². The van der Waals surface area contributed by atoms with Gasteiger partial charge in [0.1, 0.15) is 11.3 Å². The first-order valence-corrected chi connectivity index (χ1v) is 4.16. The van der Waals surface area contributed by atoms with Gasteiger partial charge in [0.15, 0.2) is 0 Å². The lowest BCUT2D eigenvalue weighted by molar-refractivity contribution is -0.140. The predicted octanol–water partition coefficient (Wildman–Crippen LogP) is 1.32. The van der Waals surface area contributed by atoms with Crippen LogP contribution in [0.4, 0.5) is 0 Å². The molecule has 72 valence electrons. The smallest absolute Gasteiger partial charge is 0.329 e. The van der Waals surface area contributed by atoms with E-state index in [-0.39, 0.29) is 5.75 Å². The van der Waals surface area contributed by atoms with Crippen molar-refractivity contribution in [3.63, 3.8) is 0 Å². The first kappa shape index (κ1) is 8.62. The molecule has 4 nitrogen and oxygen atoms in total. The lowest BCUT2D eigenvalue weighted by Gasteiger charge is -2.04. The van der Waals surface area contributed by atoms with E-state index in [9.17, 15) is 9.90 Å². The van der Waals surface area contributed by atoms with Crippen LogP contribution in [0.25, 0.3) is 10.9 Å². The van der Waals surface area contributed by atoms with Crippen molar-refractivity contribution in [2.75, 3.05) is 0 Å². The van der Waals surface area contributed by atoms with Crippen molar-refractivity contribution in [1.29, 1.82) is 0 Å². The maximum absolute atomic E-state index is 10.7. The number of aromatic nitrogens is 1. The fourth-order valence-corrected chi connectivity index (χ4v) is 1.36. The van der Waals surface area contributed by atoms with E-state index in [0.717, 1.165) is 5.39 Å². The van der Waals surface area contributed by atoms with E-state index in [4.69, 9.17) is 4.84 Å². The molecule has 1 aromatic heterocycles. The summed E-state index contributed by atoms with van der Waals surface area (Å²) in [6.07, 6.45) is 1.59. The minimum atomic E-state index is -0.425. The zero-order chi connectivity index (χ0) is 10.1. The van der Waals surface area contributed by atoms with Gasteiger partial charge in [-0.2, -0.15) is 4.73 Å². The zero-order valence-electron chi connectivity index (χ0n) is 7.60. The molecule has 0 bridgehead atoms. The Kier molecular flexibility index (Phi) is 1.89. The maximum Gasteiger partial charge on any atom is 0.329 e. The number of carbonyl (C=O) groups excluding carboxylic acids is 1. The molecule has 4 heteroatoms. The summed E-state index contributed by atoms with van der Waals surface area (Å²) in [5, 5.41) is 10.4. The Morgan fingerprint density at radius 2 is 2.21 bits per heavy atom. The summed E-state index contributed by atoms with van der Waals surface area (Å²) in [5.74, 6) is -0.334. The van der Waals surface area contributed by atoms with Gasteiger partial charge in [-0.25, -0.2) is 4.79 Å². The van der Waals surface area contributed by atoms with E-state index < -0.39 is 5.97 Å². The van der Waals surface area contributed by atoms with E-state index in [1.807, 2.05) is 6.07 Å². The quantitative estimate of drug-likeness (QED) is 0.739. The largest absolute Gasteiger partial charge is 0.506 e. The fourth-order valence-electron chi connectivity index (χ4n) is 1.36. The van der Waals surface area contributed by atoms with Gasteiger partial charge >= 0.3 is 5.97 Å². The number of benzene rings is 1. The summed E-state index contributed by atoms with van der Waals surface area (Å²) in [7, 11) is 0. The topological polar surface area (TPSA) is 51.5 Å². The molecule has 0 aliphatic heterocycles. The molecule has 0 radical (unpaired) electrons. The molecule has 0 saturated heterocycles. The van der Waals surface area contributed by atoms with Gasteiger partial charge in [-0.05, 0) is 12.1 Å². The van der Waals surface area contributed by atoms with Crippen LogP contribution in [0.5, 0.6) is 5.75 Å². The Hall–Kier alpha value is -1.97. The summed E-state index contributed by atoms with van der Waals surface area (Å²) >= 11 is 0. The second kappa shape index (κ2) is 3.06. The number of hydrogen-bond donors (Lipinski definition) is 1. The number of nitrogens with zero attached hydrogens (tertiary/aromatic N) is 1. The molecular formula is C10H9NO3. The van der Waals surface area contributed by atoms with Crippen LogP contribution in [0.1, 0.15) is 6.92 Å². The van der Waals surface area contributed by atoms with Gasteiger partial charge in [-0.1, -0.05) is 12.1 Å². The normalized spacial score (nSPS) is 10.4. The van der Waals surface area contributed by atoms with E-state index in [0.29, 0.717) is 5.52 Å². The Labute approximate surface area is 80.3 Å². The molecule has 1 heterocycles. The van der Waals surface area contributed by atoms with Gasteiger partial charge < -0.3 is 9.94 Å². The molecular weight excluding hydrogens is 182 g/mol. The number of para-hydroxylation sites is 1. The number of rotatable bonds is 1. The predicted molar refractivity (Wildman–Crippen MR) is 50.9 cm³/mol. The number of fused-ring (bicyclic) bond motifs is 1. The third-order valence-corrected chi connectivity index (χ3v) is 1.88. The second-order valence-electron chi connectivity index (χ2n) is 2.94. The fraction of sp³-hybridized carbons (Fsp3) is 0.100. The highest BCUT2D eigenvalue weighted by Crippen LogP contribution is 2.24. The van der Waals surface area contributed by atoms with Crippen molar-refractivity contribution in [2.24, 2.45) is 0 Å². The number of phenolic OH excluding ortho intramolecular Hbond substituents is 1. The average Bonchev–Trinajstić information content (AvgIpc) is 2.49. The van der Waals surface area contributed by atoms with Crippen LogP contribution < -0.4 is 4.84 Å². The highest BCUT2D eigenvalue weighted by molar-refractivity contribution is 5.85. The van der Waals surface area contributed by atoms with Crippen LogP contribution >= 0.6 is 0 Å². The summed E-state index contributed by atoms with van der Waals surface area (Å²) in [6, 6.07) is 6.87. The Balaban J connectivity index is 2.61. The molecule has 14 heavy (non-hydrogen) atoms. The molecule has 0 saturated carbocycles. The highest BCUT2D eigenvalue weighted by Gasteiger charge is 2.07. The molecule has 0 atom stereocenters. The first-order chi connectivity index (χ1) is 6.68. The number of carbonyl (C=O) groups is 1. The Morgan fingerprint density at radius 3 is 2.93 bits per heavy atom. The van der Waals surface area contributed by atoms with E-state index in [1.165, 1.54) is 11.7 Å². The molecule has 0 fully saturated rings. The third-order valence-electron chi connectivity index (χ3n) is 1.88. The summed E-state index contributed by atoms with van der Waals surface area (Å²) < 4.78 is 1.26. The van der Waals surface area contributed by atoms with Gasteiger partial charge in [0, 0.05) is 18.5 Å². The van der Waals surface area contributed by atoms with Crippen LogP contribution in [-0.4, -0.2) is 15.8 Å². The van der Waals surface area contributed by atoms with Gasteiger partial charge in [0.05, 0.1) is 0 Å². The minimum Gasteiger partial charge on any atom is -0.506 e. The summed E-state index contributed by atoms with van der Waals surface area (Å²) in [4.78, 5) is 15.6. The van der Waals surface area contributed by atoms with Crippen molar-refractivity contribution in [3.8, 4) is 5.75 Å². The maximum atomic E-state index is 10.7. The molecule has 0 spiro atoms. The lowest BCUT2D eigenvalue weighted by atomic mass is 10.2. The lowest BCUT2D eigenvalue weighted by Crippen LogP contribution is -2.14. The van der Waals surface area contributed by atoms with Crippen LogP contribution in [0.2, 0.25) is 0 Å². The van der Waals surface area contributed by atoms with Crippen LogP contribution in [0, 0.1) is 0 Å². The van der Waals surface area contributed by atoms with Crippen LogP contribution in [-0.2, 0) is 4.79 Å². The molecule has 0 amide bonds. The van der Waals surface area contributed by atoms with E-state index >= 15 is 0 Å². The SMILES string of the molecule is CC(=O)On1ccc2cccc(O)c21. The molecule has 0 aliphatic rings. The van der Waals surface area contributed by atoms with E-state index in [1.54, 1.807) is 24.4 Å². The zero-order valence-corrected chi connectivity index (χ0v) is 7.60. The van der Waals surface area contributed by atoms with Gasteiger partial charge in [0.2, 0.25) is 0 Å².